The maximum atomic E-state index is 11.7. The van der Waals surface area contributed by atoms with E-state index in [0.717, 1.165) is 0 Å². The van der Waals surface area contributed by atoms with Crippen LogP contribution in [0, 0.1) is 31.1 Å². The van der Waals surface area contributed by atoms with Crippen molar-refractivity contribution in [1.29, 1.82) is 0 Å². The molecular formula is C11H15ClN2O9. The molecule has 0 aliphatic heterocycles. The van der Waals surface area contributed by atoms with Crippen LogP contribution in [-0.4, -0.2) is 48.1 Å². The molecule has 23 heavy (non-hydrogen) atoms. The molecule has 0 amide bonds. The molecular weight excluding hydrogens is 340 g/mol. The summed E-state index contributed by atoms with van der Waals surface area (Å²) in [6.45, 7) is -0.554. The first-order valence-electron chi connectivity index (χ1n) is 6.70. The number of hydrogen-bond donors (Lipinski definition) is 0. The zero-order valence-electron chi connectivity index (χ0n) is 12.0. The minimum atomic E-state index is -1.20. The maximum absolute atomic E-state index is 11.7. The Bertz CT molecular complexity index is 480. The van der Waals surface area contributed by atoms with Crippen molar-refractivity contribution in [1.82, 2.24) is 0 Å². The summed E-state index contributed by atoms with van der Waals surface area (Å²) in [6.07, 6.45) is 0.643. The molecule has 11 nitrogen and oxygen atoms in total. The first-order chi connectivity index (χ1) is 10.8. The minimum Gasteiger partial charge on any atom is -0.449 e. The van der Waals surface area contributed by atoms with E-state index < -0.39 is 28.3 Å². The average Bonchev–Trinajstić information content (AvgIpc) is 2.36. The van der Waals surface area contributed by atoms with Crippen molar-refractivity contribution < 1.29 is 34.1 Å². The van der Waals surface area contributed by atoms with Crippen molar-refractivity contribution in [3.05, 3.63) is 20.2 Å². The van der Waals surface area contributed by atoms with Gasteiger partial charge in [0.05, 0.1) is 18.6 Å². The molecule has 0 N–H and O–H groups in total. The van der Waals surface area contributed by atoms with Gasteiger partial charge < -0.3 is 19.1 Å². The Balaban J connectivity index is 1.69. The van der Waals surface area contributed by atoms with Crippen molar-refractivity contribution in [3.8, 4) is 0 Å². The van der Waals surface area contributed by atoms with Crippen LogP contribution in [0.3, 0.4) is 0 Å². The number of alkyl halides is 1. The van der Waals surface area contributed by atoms with Gasteiger partial charge in [-0.25, -0.2) is 0 Å². The number of rotatable bonds is 11. The van der Waals surface area contributed by atoms with Gasteiger partial charge in [0.1, 0.15) is 6.61 Å². The highest BCUT2D eigenvalue weighted by atomic mass is 35.5. The lowest BCUT2D eigenvalue weighted by atomic mass is 9.35. The number of carbonyl (C=O) groups excluding carboxylic acids is 1. The Morgan fingerprint density at radius 1 is 1.17 bits per heavy atom. The van der Waals surface area contributed by atoms with Gasteiger partial charge in [0.15, 0.2) is 12.2 Å². The van der Waals surface area contributed by atoms with E-state index in [2.05, 4.69) is 9.68 Å². The maximum Gasteiger partial charge on any atom is 0.313 e. The van der Waals surface area contributed by atoms with Gasteiger partial charge >= 0.3 is 5.97 Å². The normalized spacial score (nSPS) is 28.7. The Labute approximate surface area is 135 Å². The second-order valence-electron chi connectivity index (χ2n) is 5.84. The van der Waals surface area contributed by atoms with Gasteiger partial charge in [0.25, 0.3) is 10.2 Å². The summed E-state index contributed by atoms with van der Waals surface area (Å²) in [5, 5.41) is 18.3. The summed E-state index contributed by atoms with van der Waals surface area (Å²) >= 11 is 5.35. The molecule has 2 bridgehead atoms. The van der Waals surface area contributed by atoms with Gasteiger partial charge in [-0.15, -0.1) is 20.2 Å². The lowest BCUT2D eigenvalue weighted by molar-refractivity contribution is -0.790. The quantitative estimate of drug-likeness (QED) is 0.227. The second kappa shape index (κ2) is 6.71. The van der Waals surface area contributed by atoms with E-state index in [0.29, 0.717) is 19.3 Å². The largest absolute Gasteiger partial charge is 0.449 e. The number of hydrogen-bond acceptors (Lipinski definition) is 9. The molecule has 1 atom stereocenters. The van der Waals surface area contributed by atoms with Crippen molar-refractivity contribution in [2.24, 2.45) is 10.8 Å². The van der Waals surface area contributed by atoms with Crippen molar-refractivity contribution >= 4 is 17.6 Å². The molecule has 130 valence electrons. The third kappa shape index (κ3) is 3.91. The fourth-order valence-corrected chi connectivity index (χ4v) is 3.45. The summed E-state index contributed by atoms with van der Waals surface area (Å²) in [7, 11) is 0. The Morgan fingerprint density at radius 3 is 2.35 bits per heavy atom. The third-order valence-corrected chi connectivity index (χ3v) is 4.18. The summed E-state index contributed by atoms with van der Waals surface area (Å²) < 4.78 is 10.1. The highest BCUT2D eigenvalue weighted by molar-refractivity contribution is 6.17. The van der Waals surface area contributed by atoms with Crippen LogP contribution in [-0.2, 0) is 23.9 Å². The van der Waals surface area contributed by atoms with Crippen LogP contribution in [0.1, 0.15) is 19.3 Å². The van der Waals surface area contributed by atoms with Crippen molar-refractivity contribution in [2.45, 2.75) is 25.4 Å². The van der Waals surface area contributed by atoms with E-state index >= 15 is 0 Å². The topological polar surface area (TPSA) is 140 Å². The average molecular weight is 355 g/mol. The smallest absolute Gasteiger partial charge is 0.313 e. The van der Waals surface area contributed by atoms with Gasteiger partial charge in [0, 0.05) is 0 Å². The molecule has 0 aromatic carbocycles. The highest BCUT2D eigenvalue weighted by Crippen LogP contribution is 2.73. The van der Waals surface area contributed by atoms with E-state index in [9.17, 15) is 25.0 Å². The summed E-state index contributed by atoms with van der Waals surface area (Å²) in [6, 6.07) is -0.180. The van der Waals surface area contributed by atoms with Crippen molar-refractivity contribution in [3.63, 3.8) is 0 Å². The molecule has 12 heteroatoms. The van der Waals surface area contributed by atoms with E-state index in [1.807, 2.05) is 0 Å². The van der Waals surface area contributed by atoms with E-state index in [4.69, 9.17) is 21.1 Å². The van der Waals surface area contributed by atoms with Crippen LogP contribution < -0.4 is 0 Å². The molecule has 3 aliphatic rings. The molecule has 0 spiro atoms. The molecule has 3 aliphatic carbocycles. The van der Waals surface area contributed by atoms with Gasteiger partial charge in [-0.1, -0.05) is 11.6 Å². The van der Waals surface area contributed by atoms with Gasteiger partial charge in [-0.2, -0.15) is 0 Å². The minimum absolute atomic E-state index is 0.144. The van der Waals surface area contributed by atoms with Gasteiger partial charge in [0.2, 0.25) is 0 Å². The molecule has 0 heterocycles. The lowest BCUT2D eigenvalue weighted by Crippen LogP contribution is -2.67. The zero-order chi connectivity index (χ0) is 17.1. The number of halogens is 1. The highest BCUT2D eigenvalue weighted by Gasteiger charge is 2.72. The third-order valence-electron chi connectivity index (χ3n) is 4.07. The standard InChI is InChI=1S/C11H15ClN2O9/c12-7-21-9(15)11-3-10(4-11,5-11)6-20-1-8(23-14(18)19)2-22-13(16)17/h8H,1-7H2. The van der Waals surface area contributed by atoms with E-state index in [1.54, 1.807) is 0 Å². The molecule has 3 rings (SSSR count). The van der Waals surface area contributed by atoms with E-state index in [-0.39, 0.29) is 30.7 Å². The fourth-order valence-electron chi connectivity index (χ4n) is 3.35. The molecule has 0 radical (unpaired) electrons. The van der Waals surface area contributed by atoms with Crippen LogP contribution >= 0.6 is 11.6 Å². The fraction of sp³-hybridized carbons (Fsp3) is 0.909. The number of esters is 1. The first kappa shape index (κ1) is 17.5. The monoisotopic (exact) mass is 354 g/mol. The molecule has 3 saturated carbocycles. The predicted molar refractivity (Wildman–Crippen MR) is 71.2 cm³/mol. The molecule has 1 unspecified atom stereocenters. The number of carbonyl (C=O) groups is 1. The Kier molecular flexibility index (Phi) is 5.09. The molecule has 3 fully saturated rings. The zero-order valence-corrected chi connectivity index (χ0v) is 12.7. The second-order valence-corrected chi connectivity index (χ2v) is 6.06. The summed E-state index contributed by atoms with van der Waals surface area (Å²) in [5.41, 5.74) is -0.613. The molecule has 0 aromatic rings. The Hall–Kier alpha value is -1.88. The van der Waals surface area contributed by atoms with Crippen LogP contribution in [0.25, 0.3) is 0 Å². The van der Waals surface area contributed by atoms with Gasteiger partial charge in [-0.3, -0.25) is 4.79 Å². The number of nitrogens with zero attached hydrogens (tertiary/aromatic N) is 2. The van der Waals surface area contributed by atoms with Gasteiger partial charge in [-0.05, 0) is 24.7 Å². The predicted octanol–water partition coefficient (Wildman–Crippen LogP) is 0.698. The first-order valence-corrected chi connectivity index (χ1v) is 7.24. The summed E-state index contributed by atoms with van der Waals surface area (Å²) in [5.74, 6) is -0.316. The van der Waals surface area contributed by atoms with Crippen LogP contribution in [0.4, 0.5) is 0 Å². The van der Waals surface area contributed by atoms with Crippen LogP contribution in [0.15, 0.2) is 0 Å². The van der Waals surface area contributed by atoms with Crippen LogP contribution in [0.2, 0.25) is 0 Å². The number of ether oxygens (including phenoxy) is 2. The van der Waals surface area contributed by atoms with E-state index in [1.165, 1.54) is 0 Å². The van der Waals surface area contributed by atoms with Crippen LogP contribution in [0.5, 0.6) is 0 Å². The Morgan fingerprint density at radius 2 is 1.83 bits per heavy atom. The summed E-state index contributed by atoms with van der Waals surface area (Å²) in [4.78, 5) is 40.4. The lowest BCUT2D eigenvalue weighted by Gasteiger charge is -2.68. The molecule has 0 aromatic heterocycles. The SMILES string of the molecule is O=C(OCCl)C12CC(COCC(CO[N+](=O)[O-])O[N+](=O)[O-])(C1)C2. The molecule has 0 saturated heterocycles. The van der Waals surface area contributed by atoms with Crippen molar-refractivity contribution in [2.75, 3.05) is 25.9 Å².